The highest BCUT2D eigenvalue weighted by Gasteiger charge is 2.31. The van der Waals surface area contributed by atoms with E-state index in [2.05, 4.69) is 6.92 Å². The average Bonchev–Trinajstić information content (AvgIpc) is 3.15. The van der Waals surface area contributed by atoms with Crippen LogP contribution in [0, 0.1) is 5.92 Å². The molecule has 3 nitrogen and oxygen atoms in total. The van der Waals surface area contributed by atoms with E-state index in [4.69, 9.17) is 4.74 Å². The van der Waals surface area contributed by atoms with Gasteiger partial charge in [-0.15, -0.1) is 0 Å². The predicted molar refractivity (Wildman–Crippen MR) is 65.2 cm³/mol. The van der Waals surface area contributed by atoms with Crippen LogP contribution in [0.25, 0.3) is 0 Å². The Morgan fingerprint density at radius 3 is 2.82 bits per heavy atom. The van der Waals surface area contributed by atoms with Crippen molar-refractivity contribution in [1.82, 2.24) is 0 Å². The topological polar surface area (TPSA) is 46.5 Å². The number of ether oxygens (including phenoxy) is 1. The molecule has 0 spiro atoms. The molecule has 1 N–H and O–H groups in total. The summed E-state index contributed by atoms with van der Waals surface area (Å²) in [5.74, 6) is 1.07. The van der Waals surface area contributed by atoms with E-state index in [0.29, 0.717) is 18.3 Å². The molecule has 0 amide bonds. The first-order chi connectivity index (χ1) is 8.13. The molecule has 0 heterocycles. The molecular weight excluding hydrogens is 216 g/mol. The second-order valence-corrected chi connectivity index (χ2v) is 4.65. The summed E-state index contributed by atoms with van der Waals surface area (Å²) in [5, 5.41) is 10.1. The lowest BCUT2D eigenvalue weighted by Gasteiger charge is -2.14. The van der Waals surface area contributed by atoms with Crippen LogP contribution in [0.5, 0.6) is 11.5 Å². The zero-order valence-electron chi connectivity index (χ0n) is 10.3. The summed E-state index contributed by atoms with van der Waals surface area (Å²) >= 11 is 0. The minimum Gasteiger partial charge on any atom is -0.504 e. The van der Waals surface area contributed by atoms with Gasteiger partial charge < -0.3 is 9.84 Å². The van der Waals surface area contributed by atoms with Crippen molar-refractivity contribution in [1.29, 1.82) is 0 Å². The summed E-state index contributed by atoms with van der Waals surface area (Å²) in [4.78, 5) is 11.2. The zero-order valence-corrected chi connectivity index (χ0v) is 10.3. The summed E-state index contributed by atoms with van der Waals surface area (Å²) in [5.41, 5.74) is 0.883. The second-order valence-electron chi connectivity index (χ2n) is 4.65. The first-order valence-electron chi connectivity index (χ1n) is 6.16. The smallest absolute Gasteiger partial charge is 0.311 e. The van der Waals surface area contributed by atoms with E-state index < -0.39 is 0 Å². The van der Waals surface area contributed by atoms with Gasteiger partial charge in [0.25, 0.3) is 0 Å². The second kappa shape index (κ2) is 4.78. The molecule has 1 atom stereocenters. The molecule has 1 fully saturated rings. The highest BCUT2D eigenvalue weighted by Crippen LogP contribution is 2.46. The normalized spacial score (nSPS) is 16.6. The highest BCUT2D eigenvalue weighted by atomic mass is 16.5. The standard InChI is InChI=1S/C14H18O3/c1-3-13(15)17-12-6-4-5-11(14(12)16)9(2)10-7-8-10/h4-6,9-10,16H,3,7-8H2,1-2H3. The summed E-state index contributed by atoms with van der Waals surface area (Å²) in [6, 6.07) is 5.36. The van der Waals surface area contributed by atoms with Gasteiger partial charge in [0.05, 0.1) is 0 Å². The van der Waals surface area contributed by atoms with Crippen LogP contribution in [0.2, 0.25) is 0 Å². The molecule has 2 rings (SSSR count). The van der Waals surface area contributed by atoms with E-state index in [1.54, 1.807) is 13.0 Å². The molecule has 1 unspecified atom stereocenters. The fourth-order valence-corrected chi connectivity index (χ4v) is 2.03. The van der Waals surface area contributed by atoms with Crippen molar-refractivity contribution in [3.05, 3.63) is 23.8 Å². The van der Waals surface area contributed by atoms with Gasteiger partial charge in [-0.3, -0.25) is 4.79 Å². The number of para-hydroxylation sites is 1. The first kappa shape index (κ1) is 12.0. The molecule has 1 aromatic carbocycles. The highest BCUT2D eigenvalue weighted by molar-refractivity contribution is 5.73. The molecule has 1 aliphatic carbocycles. The van der Waals surface area contributed by atoms with Gasteiger partial charge >= 0.3 is 5.97 Å². The lowest BCUT2D eigenvalue weighted by Crippen LogP contribution is -2.06. The van der Waals surface area contributed by atoms with Crippen LogP contribution >= 0.6 is 0 Å². The van der Waals surface area contributed by atoms with Crippen LogP contribution in [0.15, 0.2) is 18.2 Å². The Kier molecular flexibility index (Phi) is 3.36. The number of phenols is 1. The van der Waals surface area contributed by atoms with Gasteiger partial charge in [-0.2, -0.15) is 0 Å². The van der Waals surface area contributed by atoms with E-state index in [-0.39, 0.29) is 17.5 Å². The first-order valence-corrected chi connectivity index (χ1v) is 6.16. The van der Waals surface area contributed by atoms with Crippen LogP contribution in [0.3, 0.4) is 0 Å². The molecule has 0 aromatic heterocycles. The van der Waals surface area contributed by atoms with Gasteiger partial charge in [0.1, 0.15) is 0 Å². The predicted octanol–water partition coefficient (Wildman–Crippen LogP) is 3.22. The van der Waals surface area contributed by atoms with Gasteiger partial charge in [0.15, 0.2) is 11.5 Å². The molecule has 1 aromatic rings. The van der Waals surface area contributed by atoms with E-state index in [1.165, 1.54) is 12.8 Å². The van der Waals surface area contributed by atoms with Crippen LogP contribution in [0.4, 0.5) is 0 Å². The molecule has 0 saturated heterocycles. The Morgan fingerprint density at radius 2 is 2.24 bits per heavy atom. The number of carbonyl (C=O) groups is 1. The number of benzene rings is 1. The van der Waals surface area contributed by atoms with E-state index >= 15 is 0 Å². The Hall–Kier alpha value is -1.51. The van der Waals surface area contributed by atoms with Crippen molar-refractivity contribution >= 4 is 5.97 Å². The van der Waals surface area contributed by atoms with Crippen molar-refractivity contribution in [2.24, 2.45) is 5.92 Å². The molecule has 1 saturated carbocycles. The SMILES string of the molecule is CCC(=O)Oc1cccc(C(C)C2CC2)c1O. The molecule has 17 heavy (non-hydrogen) atoms. The van der Waals surface area contributed by atoms with Crippen LogP contribution < -0.4 is 4.74 Å². The maximum atomic E-state index is 11.2. The molecule has 0 bridgehead atoms. The maximum Gasteiger partial charge on any atom is 0.311 e. The lowest BCUT2D eigenvalue weighted by atomic mass is 9.95. The van der Waals surface area contributed by atoms with Gasteiger partial charge in [-0.25, -0.2) is 0 Å². The number of carbonyl (C=O) groups excluding carboxylic acids is 1. The van der Waals surface area contributed by atoms with Gasteiger partial charge in [0, 0.05) is 12.0 Å². The van der Waals surface area contributed by atoms with Gasteiger partial charge in [-0.05, 0) is 30.7 Å². The number of hydrogen-bond donors (Lipinski definition) is 1. The van der Waals surface area contributed by atoms with Crippen molar-refractivity contribution in [3.8, 4) is 11.5 Å². The molecule has 3 heteroatoms. The molecule has 0 aliphatic heterocycles. The monoisotopic (exact) mass is 234 g/mol. The van der Waals surface area contributed by atoms with Crippen LogP contribution in [0.1, 0.15) is 44.6 Å². The van der Waals surface area contributed by atoms with Crippen molar-refractivity contribution in [2.75, 3.05) is 0 Å². The van der Waals surface area contributed by atoms with Gasteiger partial charge in [0.2, 0.25) is 0 Å². The minimum absolute atomic E-state index is 0.119. The molecule has 0 radical (unpaired) electrons. The van der Waals surface area contributed by atoms with Crippen molar-refractivity contribution in [3.63, 3.8) is 0 Å². The number of esters is 1. The average molecular weight is 234 g/mol. The van der Waals surface area contributed by atoms with Crippen molar-refractivity contribution in [2.45, 2.75) is 39.0 Å². The third-order valence-corrected chi connectivity index (χ3v) is 3.36. The number of aromatic hydroxyl groups is 1. The van der Waals surface area contributed by atoms with Crippen molar-refractivity contribution < 1.29 is 14.6 Å². The zero-order chi connectivity index (χ0) is 12.4. The minimum atomic E-state index is -0.323. The number of hydrogen-bond acceptors (Lipinski definition) is 3. The Balaban J connectivity index is 2.22. The number of phenolic OH excluding ortho intramolecular Hbond substituents is 1. The summed E-state index contributed by atoms with van der Waals surface area (Å²) in [6.07, 6.45) is 2.75. The summed E-state index contributed by atoms with van der Waals surface area (Å²) < 4.78 is 5.10. The Bertz CT molecular complexity index is 421. The van der Waals surface area contributed by atoms with E-state index in [9.17, 15) is 9.90 Å². The largest absolute Gasteiger partial charge is 0.504 e. The quantitative estimate of drug-likeness (QED) is 0.642. The van der Waals surface area contributed by atoms with Crippen LogP contribution in [-0.4, -0.2) is 11.1 Å². The molecular formula is C14H18O3. The fourth-order valence-electron chi connectivity index (χ4n) is 2.03. The third kappa shape index (κ3) is 2.60. The molecule has 92 valence electrons. The third-order valence-electron chi connectivity index (χ3n) is 3.36. The Morgan fingerprint density at radius 1 is 1.53 bits per heavy atom. The summed E-state index contributed by atoms with van der Waals surface area (Å²) in [7, 11) is 0. The fraction of sp³-hybridized carbons (Fsp3) is 0.500. The van der Waals surface area contributed by atoms with E-state index in [0.717, 1.165) is 5.56 Å². The maximum absolute atomic E-state index is 11.2. The van der Waals surface area contributed by atoms with Gasteiger partial charge in [-0.1, -0.05) is 26.0 Å². The Labute approximate surface area is 101 Å². The van der Waals surface area contributed by atoms with Crippen LogP contribution in [-0.2, 0) is 4.79 Å². The number of rotatable bonds is 4. The lowest BCUT2D eigenvalue weighted by molar-refractivity contribution is -0.134. The van der Waals surface area contributed by atoms with E-state index in [1.807, 2.05) is 12.1 Å². The summed E-state index contributed by atoms with van der Waals surface area (Å²) in [6.45, 7) is 3.84. The molecule has 1 aliphatic rings.